The van der Waals surface area contributed by atoms with Gasteiger partial charge in [-0.3, -0.25) is 10.6 Å². The molecule has 0 radical (unpaired) electrons. The van der Waals surface area contributed by atoms with Gasteiger partial charge in [-0.2, -0.15) is 0 Å². The Morgan fingerprint density at radius 2 is 2.00 bits per heavy atom. The highest BCUT2D eigenvalue weighted by Gasteiger charge is 2.19. The molecular weight excluding hydrogens is 222 g/mol. The first-order valence-electron chi connectivity index (χ1n) is 4.17. The molecule has 0 saturated carbocycles. The molecule has 1 aromatic heterocycles. The summed E-state index contributed by atoms with van der Waals surface area (Å²) in [6, 6.07) is 3.32. The lowest BCUT2D eigenvalue weighted by molar-refractivity contribution is 0.599. The zero-order chi connectivity index (χ0) is 10.2. The maximum absolute atomic E-state index is 11.0. The summed E-state index contributed by atoms with van der Waals surface area (Å²) in [5.74, 6) is 0. The van der Waals surface area contributed by atoms with Crippen molar-refractivity contribution < 1.29 is 8.42 Å². The van der Waals surface area contributed by atoms with E-state index >= 15 is 0 Å². The van der Waals surface area contributed by atoms with Crippen molar-refractivity contribution >= 4 is 21.4 Å². The topological polar surface area (TPSA) is 84.2 Å². The van der Waals surface area contributed by atoms with Crippen LogP contribution in [0.1, 0.15) is 11.0 Å². The molecule has 78 valence electrons. The predicted molar refractivity (Wildman–Crippen MR) is 54.4 cm³/mol. The minimum absolute atomic E-state index is 0.0653. The predicted octanol–water partition coefficient (Wildman–Crippen LogP) is -0.413. The van der Waals surface area contributed by atoms with Crippen molar-refractivity contribution in [1.82, 2.24) is 10.6 Å². The molecule has 2 heterocycles. The second-order valence-electron chi connectivity index (χ2n) is 3.04. The van der Waals surface area contributed by atoms with Gasteiger partial charge in [0.2, 0.25) is 10.0 Å². The second-order valence-corrected chi connectivity index (χ2v) is 5.95. The molecule has 1 aliphatic rings. The van der Waals surface area contributed by atoms with Crippen LogP contribution in [-0.4, -0.2) is 21.5 Å². The summed E-state index contributed by atoms with van der Waals surface area (Å²) in [4.78, 5) is 0.950. The van der Waals surface area contributed by atoms with E-state index in [1.165, 1.54) is 17.4 Å². The van der Waals surface area contributed by atoms with Crippen molar-refractivity contribution in [2.24, 2.45) is 5.14 Å². The molecule has 14 heavy (non-hydrogen) atoms. The van der Waals surface area contributed by atoms with Crippen LogP contribution in [0.25, 0.3) is 0 Å². The lowest BCUT2D eigenvalue weighted by Crippen LogP contribution is -2.19. The zero-order valence-corrected chi connectivity index (χ0v) is 8.99. The SMILES string of the molecule is NS(=O)(=O)c1ccc(C2NCCN2)s1. The molecule has 2 rings (SSSR count). The molecule has 1 saturated heterocycles. The van der Waals surface area contributed by atoms with E-state index in [0.717, 1.165) is 18.0 Å². The van der Waals surface area contributed by atoms with E-state index in [1.807, 2.05) is 0 Å². The lowest BCUT2D eigenvalue weighted by Gasteiger charge is -2.06. The summed E-state index contributed by atoms with van der Waals surface area (Å²) in [6.45, 7) is 1.79. The number of thiophene rings is 1. The molecule has 0 atom stereocenters. The van der Waals surface area contributed by atoms with Gasteiger partial charge < -0.3 is 0 Å². The van der Waals surface area contributed by atoms with Gasteiger partial charge in [0.25, 0.3) is 0 Å². The van der Waals surface area contributed by atoms with Crippen LogP contribution in [0, 0.1) is 0 Å². The molecule has 5 nitrogen and oxygen atoms in total. The van der Waals surface area contributed by atoms with Crippen molar-refractivity contribution in [1.29, 1.82) is 0 Å². The van der Waals surface area contributed by atoms with Gasteiger partial charge in [-0.1, -0.05) is 0 Å². The smallest absolute Gasteiger partial charge is 0.247 e. The molecular formula is C7H11N3O2S2. The van der Waals surface area contributed by atoms with Crippen molar-refractivity contribution in [2.75, 3.05) is 13.1 Å². The minimum Gasteiger partial charge on any atom is -0.296 e. The highest BCUT2D eigenvalue weighted by molar-refractivity contribution is 7.91. The zero-order valence-electron chi connectivity index (χ0n) is 7.36. The molecule has 0 bridgehead atoms. The van der Waals surface area contributed by atoms with Gasteiger partial charge in [0.1, 0.15) is 4.21 Å². The number of sulfonamides is 1. The molecule has 0 spiro atoms. The summed E-state index contributed by atoms with van der Waals surface area (Å²) in [5.41, 5.74) is 0. The normalized spacial score (nSPS) is 18.9. The van der Waals surface area contributed by atoms with Crippen molar-refractivity contribution in [3.63, 3.8) is 0 Å². The van der Waals surface area contributed by atoms with Crippen LogP contribution in [0.4, 0.5) is 0 Å². The molecule has 1 aromatic rings. The average molecular weight is 233 g/mol. The van der Waals surface area contributed by atoms with Crippen LogP contribution in [0.15, 0.2) is 16.3 Å². The Morgan fingerprint density at radius 3 is 2.50 bits per heavy atom. The van der Waals surface area contributed by atoms with E-state index in [0.29, 0.717) is 0 Å². The Bertz CT molecular complexity index is 420. The third-order valence-corrected chi connectivity index (χ3v) is 4.58. The summed E-state index contributed by atoms with van der Waals surface area (Å²) < 4.78 is 22.2. The third-order valence-electron chi connectivity index (χ3n) is 1.99. The monoisotopic (exact) mass is 233 g/mol. The number of primary sulfonamides is 1. The molecule has 4 N–H and O–H groups in total. The first-order chi connectivity index (χ1) is 6.57. The van der Waals surface area contributed by atoms with Gasteiger partial charge >= 0.3 is 0 Å². The van der Waals surface area contributed by atoms with Crippen LogP contribution in [0.3, 0.4) is 0 Å². The summed E-state index contributed by atoms with van der Waals surface area (Å²) >= 11 is 1.20. The number of hydrogen-bond donors (Lipinski definition) is 3. The number of nitrogens with one attached hydrogen (secondary N) is 2. The van der Waals surface area contributed by atoms with Gasteiger partial charge in [0, 0.05) is 18.0 Å². The van der Waals surface area contributed by atoms with Crippen molar-refractivity contribution in [2.45, 2.75) is 10.4 Å². The van der Waals surface area contributed by atoms with E-state index in [4.69, 9.17) is 5.14 Å². The highest BCUT2D eigenvalue weighted by atomic mass is 32.2. The largest absolute Gasteiger partial charge is 0.296 e. The Labute approximate surface area is 86.4 Å². The van der Waals surface area contributed by atoms with Gasteiger partial charge in [0.15, 0.2) is 0 Å². The first kappa shape index (κ1) is 10.1. The van der Waals surface area contributed by atoms with Gasteiger partial charge in [0.05, 0.1) is 6.17 Å². The fraction of sp³-hybridized carbons (Fsp3) is 0.429. The molecule has 1 aliphatic heterocycles. The molecule has 0 unspecified atom stereocenters. The first-order valence-corrected chi connectivity index (χ1v) is 6.53. The fourth-order valence-corrected chi connectivity index (χ4v) is 3.15. The molecule has 1 fully saturated rings. The van der Waals surface area contributed by atoms with Crippen LogP contribution in [0.5, 0.6) is 0 Å². The van der Waals surface area contributed by atoms with E-state index in [9.17, 15) is 8.42 Å². The Balaban J connectivity index is 2.25. The molecule has 0 amide bonds. The Kier molecular flexibility index (Phi) is 2.58. The van der Waals surface area contributed by atoms with Crippen molar-refractivity contribution in [3.05, 3.63) is 17.0 Å². The van der Waals surface area contributed by atoms with E-state index in [-0.39, 0.29) is 10.4 Å². The summed E-state index contributed by atoms with van der Waals surface area (Å²) in [7, 11) is -3.55. The summed E-state index contributed by atoms with van der Waals surface area (Å²) in [6.07, 6.45) is 0.0653. The number of rotatable bonds is 2. The second kappa shape index (κ2) is 3.59. The standard InChI is InChI=1S/C7H11N3O2S2/c8-14(11,12)6-2-1-5(13-6)7-9-3-4-10-7/h1-2,7,9-10H,3-4H2,(H2,8,11,12). The maximum Gasteiger partial charge on any atom is 0.247 e. The van der Waals surface area contributed by atoms with Gasteiger partial charge in [-0.05, 0) is 12.1 Å². The number of nitrogens with two attached hydrogens (primary N) is 1. The third kappa shape index (κ3) is 1.96. The van der Waals surface area contributed by atoms with Gasteiger partial charge in [-0.15, -0.1) is 11.3 Å². The van der Waals surface area contributed by atoms with E-state index in [1.54, 1.807) is 6.07 Å². The van der Waals surface area contributed by atoms with Crippen LogP contribution >= 0.6 is 11.3 Å². The Hall–Kier alpha value is -0.470. The van der Waals surface area contributed by atoms with Gasteiger partial charge in [-0.25, -0.2) is 13.6 Å². The maximum atomic E-state index is 11.0. The minimum atomic E-state index is -3.55. The van der Waals surface area contributed by atoms with Crippen LogP contribution in [0.2, 0.25) is 0 Å². The van der Waals surface area contributed by atoms with Crippen LogP contribution in [-0.2, 0) is 10.0 Å². The Morgan fingerprint density at radius 1 is 1.36 bits per heavy atom. The van der Waals surface area contributed by atoms with E-state index < -0.39 is 10.0 Å². The molecule has 0 aromatic carbocycles. The molecule has 7 heteroatoms. The van der Waals surface area contributed by atoms with E-state index in [2.05, 4.69) is 10.6 Å². The quantitative estimate of drug-likeness (QED) is 0.648. The molecule has 0 aliphatic carbocycles. The highest BCUT2D eigenvalue weighted by Crippen LogP contribution is 2.25. The van der Waals surface area contributed by atoms with Crippen LogP contribution < -0.4 is 15.8 Å². The lowest BCUT2D eigenvalue weighted by atomic mass is 10.4. The summed E-state index contributed by atoms with van der Waals surface area (Å²) in [5, 5.41) is 11.4. The van der Waals surface area contributed by atoms with Crippen molar-refractivity contribution in [3.8, 4) is 0 Å². The fourth-order valence-electron chi connectivity index (χ4n) is 1.35. The number of hydrogen-bond acceptors (Lipinski definition) is 5. The average Bonchev–Trinajstić information content (AvgIpc) is 2.73.